The number of methoxy groups -OCH3 is 1. The van der Waals surface area contributed by atoms with E-state index in [-0.39, 0.29) is 44.7 Å². The third kappa shape index (κ3) is 6.10. The molecular weight excluding hydrogens is 443 g/mol. The van der Waals surface area contributed by atoms with E-state index in [4.69, 9.17) is 27.9 Å². The van der Waals surface area contributed by atoms with E-state index in [0.717, 1.165) is 0 Å². The normalized spacial score (nSPS) is 13.5. The van der Waals surface area contributed by atoms with Crippen LogP contribution < -0.4 is 10.2 Å². The van der Waals surface area contributed by atoms with Gasteiger partial charge in [-0.3, -0.25) is 14.5 Å². The predicted octanol–water partition coefficient (Wildman–Crippen LogP) is 3.31. The van der Waals surface area contributed by atoms with Gasteiger partial charge in [0.25, 0.3) is 0 Å². The van der Waals surface area contributed by atoms with E-state index in [2.05, 4.69) is 5.32 Å². The average Bonchev–Trinajstić information content (AvgIpc) is 3.15. The zero-order valence-electron chi connectivity index (χ0n) is 16.9. The fourth-order valence-electron chi connectivity index (χ4n) is 3.01. The lowest BCUT2D eigenvalue weighted by Gasteiger charge is -2.25. The molecule has 1 aliphatic heterocycles. The quantitative estimate of drug-likeness (QED) is 0.681. The van der Waals surface area contributed by atoms with Crippen molar-refractivity contribution in [2.24, 2.45) is 0 Å². The van der Waals surface area contributed by atoms with Crippen LogP contribution in [-0.2, 0) is 14.3 Å². The molecule has 2 aromatic rings. The fraction of sp³-hybridized carbons (Fsp3) is 0.286. The summed E-state index contributed by atoms with van der Waals surface area (Å²) in [6.45, 7) is 0.334. The number of nitrogens with zero attached hydrogens (tertiary/aromatic N) is 3. The first-order valence-corrected chi connectivity index (χ1v) is 10.3. The van der Waals surface area contributed by atoms with Crippen LogP contribution in [0.15, 0.2) is 48.5 Å². The number of benzene rings is 2. The minimum Gasteiger partial charge on any atom is -0.383 e. The first-order valence-electron chi connectivity index (χ1n) is 9.51. The Balaban J connectivity index is 1.64. The van der Waals surface area contributed by atoms with Gasteiger partial charge in [0.15, 0.2) is 0 Å². The van der Waals surface area contributed by atoms with Crippen molar-refractivity contribution in [1.82, 2.24) is 9.80 Å². The zero-order valence-corrected chi connectivity index (χ0v) is 18.4. The molecule has 1 saturated heterocycles. The van der Waals surface area contributed by atoms with E-state index in [1.54, 1.807) is 48.5 Å². The highest BCUT2D eigenvalue weighted by molar-refractivity contribution is 6.31. The summed E-state index contributed by atoms with van der Waals surface area (Å²) in [7, 11) is 1.51. The monoisotopic (exact) mass is 464 g/mol. The zero-order chi connectivity index (χ0) is 22.4. The molecule has 0 aliphatic carbocycles. The number of nitrogens with one attached hydrogen (secondary N) is 1. The molecule has 1 heterocycles. The highest BCUT2D eigenvalue weighted by Gasteiger charge is 2.33. The van der Waals surface area contributed by atoms with Gasteiger partial charge in [-0.25, -0.2) is 4.79 Å². The number of ether oxygens (including phenoxy) is 1. The van der Waals surface area contributed by atoms with Crippen molar-refractivity contribution in [3.05, 3.63) is 58.6 Å². The van der Waals surface area contributed by atoms with Crippen molar-refractivity contribution in [3.8, 4) is 0 Å². The number of hydrogen-bond acceptors (Lipinski definition) is 4. The highest BCUT2D eigenvalue weighted by Crippen LogP contribution is 2.22. The van der Waals surface area contributed by atoms with Gasteiger partial charge in [-0.2, -0.15) is 0 Å². The van der Waals surface area contributed by atoms with Gasteiger partial charge in [-0.15, -0.1) is 0 Å². The molecule has 3 rings (SSSR count). The minimum atomic E-state index is -0.451. The Morgan fingerprint density at radius 3 is 2.29 bits per heavy atom. The summed E-state index contributed by atoms with van der Waals surface area (Å²) in [5, 5.41) is 3.84. The van der Waals surface area contributed by atoms with E-state index in [1.807, 2.05) is 0 Å². The second-order valence-electron chi connectivity index (χ2n) is 6.88. The summed E-state index contributed by atoms with van der Waals surface area (Å²) in [6, 6.07) is 13.0. The predicted molar refractivity (Wildman–Crippen MR) is 119 cm³/mol. The van der Waals surface area contributed by atoms with Gasteiger partial charge >= 0.3 is 6.03 Å². The van der Waals surface area contributed by atoms with Crippen LogP contribution in [0.3, 0.4) is 0 Å². The Hall–Kier alpha value is -2.81. The van der Waals surface area contributed by atoms with Crippen LogP contribution in [0.2, 0.25) is 10.0 Å². The van der Waals surface area contributed by atoms with Crippen molar-refractivity contribution >= 4 is 52.4 Å². The van der Waals surface area contributed by atoms with Gasteiger partial charge < -0.3 is 19.9 Å². The maximum atomic E-state index is 12.8. The summed E-state index contributed by atoms with van der Waals surface area (Å²) < 4.78 is 5.06. The summed E-state index contributed by atoms with van der Waals surface area (Å²) in [4.78, 5) is 42.2. The SMILES string of the molecule is COCCN(CC(=O)N1CC(=O)N(c2ccc(Cl)cc2)C1)C(=O)Nc1ccc(Cl)cc1. The average molecular weight is 465 g/mol. The topological polar surface area (TPSA) is 82.2 Å². The molecule has 0 atom stereocenters. The molecule has 0 saturated carbocycles. The number of urea groups is 1. The molecule has 31 heavy (non-hydrogen) atoms. The first-order chi connectivity index (χ1) is 14.9. The van der Waals surface area contributed by atoms with Gasteiger partial charge in [0.05, 0.1) is 6.61 Å². The molecule has 4 amide bonds. The summed E-state index contributed by atoms with van der Waals surface area (Å²) in [5.74, 6) is -0.545. The maximum Gasteiger partial charge on any atom is 0.322 e. The Bertz CT molecular complexity index is 937. The molecule has 0 unspecified atom stereocenters. The molecule has 10 heteroatoms. The lowest BCUT2D eigenvalue weighted by molar-refractivity contribution is -0.132. The second-order valence-corrected chi connectivity index (χ2v) is 7.76. The van der Waals surface area contributed by atoms with E-state index in [0.29, 0.717) is 21.4 Å². The summed E-state index contributed by atoms with van der Waals surface area (Å²) >= 11 is 11.8. The van der Waals surface area contributed by atoms with E-state index < -0.39 is 6.03 Å². The smallest absolute Gasteiger partial charge is 0.322 e. The Morgan fingerprint density at radius 1 is 1.06 bits per heavy atom. The number of carbonyl (C=O) groups is 3. The molecule has 1 aliphatic rings. The number of halogens is 2. The molecule has 0 radical (unpaired) electrons. The van der Waals surface area contributed by atoms with Gasteiger partial charge in [0, 0.05) is 35.1 Å². The number of rotatable bonds is 7. The highest BCUT2D eigenvalue weighted by atomic mass is 35.5. The standard InChI is InChI=1S/C21H22Cl2N4O4/c1-31-11-10-25(21(30)24-17-6-2-15(22)3-7-17)12-19(28)26-13-20(29)27(14-26)18-8-4-16(23)5-9-18/h2-9H,10-14H2,1H3,(H,24,30). The molecule has 164 valence electrons. The van der Waals surface area contributed by atoms with Crippen molar-refractivity contribution < 1.29 is 19.1 Å². The molecule has 8 nitrogen and oxygen atoms in total. The van der Waals surface area contributed by atoms with Gasteiger partial charge in [-0.1, -0.05) is 23.2 Å². The lowest BCUT2D eigenvalue weighted by Crippen LogP contribution is -2.45. The van der Waals surface area contributed by atoms with Crippen LogP contribution in [0.1, 0.15) is 0 Å². The van der Waals surface area contributed by atoms with Crippen LogP contribution >= 0.6 is 23.2 Å². The van der Waals surface area contributed by atoms with Crippen molar-refractivity contribution in [1.29, 1.82) is 0 Å². The van der Waals surface area contributed by atoms with Gasteiger partial charge in [0.2, 0.25) is 11.8 Å². The molecule has 1 fully saturated rings. The third-order valence-corrected chi connectivity index (χ3v) is 5.21. The molecule has 2 aromatic carbocycles. The first kappa shape index (κ1) is 22.9. The molecule has 0 aromatic heterocycles. The number of amides is 4. The molecule has 0 bridgehead atoms. The van der Waals surface area contributed by atoms with Crippen molar-refractivity contribution in [2.75, 3.05) is 50.2 Å². The Kier molecular flexibility index (Phi) is 7.73. The van der Waals surface area contributed by atoms with Crippen molar-refractivity contribution in [2.45, 2.75) is 0 Å². The van der Waals surface area contributed by atoms with Gasteiger partial charge in [0.1, 0.15) is 19.8 Å². The summed E-state index contributed by atoms with van der Waals surface area (Å²) in [5.41, 5.74) is 1.20. The minimum absolute atomic E-state index is 0.0572. The number of hydrogen-bond donors (Lipinski definition) is 1. The largest absolute Gasteiger partial charge is 0.383 e. The van der Waals surface area contributed by atoms with Crippen molar-refractivity contribution in [3.63, 3.8) is 0 Å². The van der Waals surface area contributed by atoms with Crippen LogP contribution in [0.4, 0.5) is 16.2 Å². The number of anilines is 2. The van der Waals surface area contributed by atoms with E-state index >= 15 is 0 Å². The molecular formula is C21H22Cl2N4O4. The van der Waals surface area contributed by atoms with Crippen LogP contribution in [0.5, 0.6) is 0 Å². The third-order valence-electron chi connectivity index (χ3n) is 4.70. The van der Waals surface area contributed by atoms with Gasteiger partial charge in [-0.05, 0) is 48.5 Å². The fourth-order valence-corrected chi connectivity index (χ4v) is 3.27. The Labute approximate surface area is 190 Å². The van der Waals surface area contributed by atoms with E-state index in [1.165, 1.54) is 21.8 Å². The van der Waals surface area contributed by atoms with Crippen LogP contribution in [-0.4, -0.2) is 67.7 Å². The second kappa shape index (κ2) is 10.5. The van der Waals surface area contributed by atoms with Crippen LogP contribution in [0.25, 0.3) is 0 Å². The molecule has 1 N–H and O–H groups in total. The summed E-state index contributed by atoms with van der Waals surface area (Å²) in [6.07, 6.45) is 0. The van der Waals surface area contributed by atoms with E-state index in [9.17, 15) is 14.4 Å². The number of carbonyl (C=O) groups excluding carboxylic acids is 3. The lowest BCUT2D eigenvalue weighted by atomic mass is 10.3. The Morgan fingerprint density at radius 2 is 1.68 bits per heavy atom. The molecule has 0 spiro atoms. The maximum absolute atomic E-state index is 12.8. The van der Waals surface area contributed by atoms with Crippen LogP contribution in [0, 0.1) is 0 Å².